The molecule has 0 radical (unpaired) electrons. The van der Waals surface area contributed by atoms with Crippen LogP contribution in [0.1, 0.15) is 12.5 Å². The molecule has 1 aromatic heterocycles. The third-order valence-electron chi connectivity index (χ3n) is 3.53. The molecule has 2 aromatic carbocycles. The van der Waals surface area contributed by atoms with E-state index >= 15 is 0 Å². The van der Waals surface area contributed by atoms with Crippen LogP contribution in [-0.4, -0.2) is 45.4 Å². The van der Waals surface area contributed by atoms with Crippen molar-refractivity contribution in [3.8, 4) is 11.4 Å². The molecule has 1 heterocycles. The highest BCUT2D eigenvalue weighted by Gasteiger charge is 2.08. The first-order chi connectivity index (χ1) is 12.8. The second-order valence-electron chi connectivity index (χ2n) is 5.29. The van der Waals surface area contributed by atoms with E-state index in [0.29, 0.717) is 6.61 Å². The van der Waals surface area contributed by atoms with Gasteiger partial charge in [-0.3, -0.25) is 0 Å². The molecular formula is C18H19N5O2S. The zero-order valence-electron chi connectivity index (χ0n) is 14.6. The van der Waals surface area contributed by atoms with Crippen LogP contribution in [0.3, 0.4) is 0 Å². The minimum Gasteiger partial charge on any atom is -0.493 e. The first kappa shape index (κ1) is 17.9. The Kier molecular flexibility index (Phi) is 6.21. The number of ether oxygens (including phenoxy) is 1. The van der Waals surface area contributed by atoms with Gasteiger partial charge in [0.2, 0.25) is 5.16 Å². The monoisotopic (exact) mass is 369 g/mol. The smallest absolute Gasteiger partial charge is 0.214 e. The topological polar surface area (TPSA) is 74.4 Å². The second-order valence-corrected chi connectivity index (χ2v) is 6.35. The molecule has 26 heavy (non-hydrogen) atoms. The van der Waals surface area contributed by atoms with Crippen molar-refractivity contribution in [2.75, 3.05) is 19.5 Å². The van der Waals surface area contributed by atoms with Crippen LogP contribution in [-0.2, 0) is 4.84 Å². The third-order valence-corrected chi connectivity index (χ3v) is 4.41. The maximum atomic E-state index is 5.77. The van der Waals surface area contributed by atoms with Gasteiger partial charge >= 0.3 is 0 Å². The molecule has 3 aromatic rings. The average molecular weight is 369 g/mol. The molecule has 0 aliphatic carbocycles. The fraction of sp³-hybridized carbons (Fsp3) is 0.222. The van der Waals surface area contributed by atoms with Crippen LogP contribution in [0.5, 0.6) is 5.75 Å². The zero-order valence-corrected chi connectivity index (χ0v) is 15.4. The van der Waals surface area contributed by atoms with Gasteiger partial charge in [-0.1, -0.05) is 35.1 Å². The van der Waals surface area contributed by atoms with Crippen molar-refractivity contribution in [3.05, 3.63) is 60.2 Å². The number of para-hydroxylation sites is 1. The number of thioether (sulfide) groups is 1. The second kappa shape index (κ2) is 9.00. The summed E-state index contributed by atoms with van der Waals surface area (Å²) in [5, 5.41) is 16.5. The number of aromatic nitrogens is 4. The van der Waals surface area contributed by atoms with Crippen LogP contribution < -0.4 is 4.74 Å². The number of rotatable bonds is 8. The van der Waals surface area contributed by atoms with Crippen molar-refractivity contribution >= 4 is 17.5 Å². The first-order valence-electron chi connectivity index (χ1n) is 8.05. The van der Waals surface area contributed by atoms with Gasteiger partial charge in [0, 0.05) is 5.75 Å². The molecule has 0 aliphatic rings. The van der Waals surface area contributed by atoms with Crippen molar-refractivity contribution in [1.29, 1.82) is 0 Å². The predicted molar refractivity (Wildman–Crippen MR) is 101 cm³/mol. The van der Waals surface area contributed by atoms with Crippen LogP contribution in [0.25, 0.3) is 5.69 Å². The summed E-state index contributed by atoms with van der Waals surface area (Å²) in [5.41, 5.74) is 2.75. The summed E-state index contributed by atoms with van der Waals surface area (Å²) >= 11 is 1.55. The Morgan fingerprint density at radius 3 is 2.62 bits per heavy atom. The van der Waals surface area contributed by atoms with E-state index in [1.807, 2.05) is 61.5 Å². The zero-order chi connectivity index (χ0) is 18.2. The normalized spacial score (nSPS) is 11.4. The van der Waals surface area contributed by atoms with E-state index in [1.165, 1.54) is 7.11 Å². The van der Waals surface area contributed by atoms with Gasteiger partial charge in [0.25, 0.3) is 0 Å². The number of oxime groups is 1. The largest absolute Gasteiger partial charge is 0.493 e. The van der Waals surface area contributed by atoms with Crippen molar-refractivity contribution in [3.63, 3.8) is 0 Å². The fourth-order valence-electron chi connectivity index (χ4n) is 2.27. The van der Waals surface area contributed by atoms with Crippen LogP contribution >= 0.6 is 11.8 Å². The Morgan fingerprint density at radius 2 is 1.88 bits per heavy atom. The van der Waals surface area contributed by atoms with Crippen molar-refractivity contribution in [2.24, 2.45) is 5.16 Å². The Hall–Kier alpha value is -2.87. The van der Waals surface area contributed by atoms with Gasteiger partial charge in [-0.2, -0.15) is 4.68 Å². The Bertz CT molecular complexity index is 850. The molecule has 0 saturated carbocycles. The van der Waals surface area contributed by atoms with Gasteiger partial charge in [-0.25, -0.2) is 0 Å². The van der Waals surface area contributed by atoms with E-state index in [1.54, 1.807) is 16.4 Å². The summed E-state index contributed by atoms with van der Waals surface area (Å²) in [6.07, 6.45) is 0. The summed E-state index contributed by atoms with van der Waals surface area (Å²) in [5.74, 6) is 1.54. The summed E-state index contributed by atoms with van der Waals surface area (Å²) in [6.45, 7) is 2.45. The lowest BCUT2D eigenvalue weighted by Crippen LogP contribution is -2.03. The van der Waals surface area contributed by atoms with Gasteiger partial charge in [0.1, 0.15) is 12.9 Å². The van der Waals surface area contributed by atoms with E-state index in [9.17, 15) is 0 Å². The molecule has 3 rings (SSSR count). The van der Waals surface area contributed by atoms with E-state index < -0.39 is 0 Å². The number of tetrazole rings is 1. The van der Waals surface area contributed by atoms with Crippen LogP contribution in [0.2, 0.25) is 0 Å². The average Bonchev–Trinajstić information content (AvgIpc) is 3.15. The van der Waals surface area contributed by atoms with E-state index in [2.05, 4.69) is 20.7 Å². The van der Waals surface area contributed by atoms with E-state index in [4.69, 9.17) is 9.57 Å². The first-order valence-corrected chi connectivity index (χ1v) is 9.04. The van der Waals surface area contributed by atoms with Crippen molar-refractivity contribution in [2.45, 2.75) is 12.1 Å². The van der Waals surface area contributed by atoms with Crippen molar-refractivity contribution in [1.82, 2.24) is 20.2 Å². The predicted octanol–water partition coefficient (Wildman–Crippen LogP) is 3.20. The highest BCUT2D eigenvalue weighted by molar-refractivity contribution is 7.99. The maximum absolute atomic E-state index is 5.77. The number of nitrogens with zero attached hydrogens (tertiary/aromatic N) is 5. The van der Waals surface area contributed by atoms with Crippen LogP contribution in [0.15, 0.2) is 64.9 Å². The SMILES string of the molecule is CO/N=C(/C)c1ccc(OCCSc2nnnn2-c2ccccc2)cc1. The maximum Gasteiger partial charge on any atom is 0.214 e. The molecule has 0 atom stereocenters. The highest BCUT2D eigenvalue weighted by atomic mass is 32.2. The van der Waals surface area contributed by atoms with Gasteiger partial charge < -0.3 is 9.57 Å². The molecule has 7 nitrogen and oxygen atoms in total. The van der Waals surface area contributed by atoms with Gasteiger partial charge in [0.05, 0.1) is 18.0 Å². The van der Waals surface area contributed by atoms with E-state index in [0.717, 1.165) is 33.6 Å². The minimum atomic E-state index is 0.552. The molecular weight excluding hydrogens is 350 g/mol. The quantitative estimate of drug-likeness (QED) is 0.263. The summed E-state index contributed by atoms with van der Waals surface area (Å²) in [6, 6.07) is 17.6. The van der Waals surface area contributed by atoms with Crippen LogP contribution in [0.4, 0.5) is 0 Å². The lowest BCUT2D eigenvalue weighted by Gasteiger charge is -2.07. The molecule has 0 saturated heterocycles. The standard InChI is InChI=1S/C18H19N5O2S/c1-14(20-24-2)15-8-10-17(11-9-15)25-12-13-26-18-19-21-22-23(18)16-6-4-3-5-7-16/h3-11H,12-13H2,1-2H3/b20-14-. The molecule has 0 N–H and O–H groups in total. The Balaban J connectivity index is 1.51. The molecule has 0 unspecified atom stereocenters. The lowest BCUT2D eigenvalue weighted by molar-refractivity contribution is 0.213. The Morgan fingerprint density at radius 1 is 1.12 bits per heavy atom. The van der Waals surface area contributed by atoms with E-state index in [-0.39, 0.29) is 0 Å². The summed E-state index contributed by atoms with van der Waals surface area (Å²) in [7, 11) is 1.53. The van der Waals surface area contributed by atoms with Gasteiger partial charge in [-0.15, -0.1) is 5.10 Å². The molecule has 134 valence electrons. The highest BCUT2D eigenvalue weighted by Crippen LogP contribution is 2.19. The molecule has 0 aliphatic heterocycles. The summed E-state index contributed by atoms with van der Waals surface area (Å²) < 4.78 is 7.49. The van der Waals surface area contributed by atoms with Crippen molar-refractivity contribution < 1.29 is 9.57 Å². The number of hydrogen-bond donors (Lipinski definition) is 0. The lowest BCUT2D eigenvalue weighted by atomic mass is 10.1. The molecule has 0 amide bonds. The minimum absolute atomic E-state index is 0.552. The fourth-order valence-corrected chi connectivity index (χ4v) is 2.98. The third kappa shape index (κ3) is 4.60. The Labute approximate surface area is 156 Å². The molecule has 0 fully saturated rings. The number of benzene rings is 2. The number of hydrogen-bond acceptors (Lipinski definition) is 7. The molecule has 8 heteroatoms. The molecule has 0 bridgehead atoms. The van der Waals surface area contributed by atoms with Gasteiger partial charge in [0.15, 0.2) is 0 Å². The summed E-state index contributed by atoms with van der Waals surface area (Å²) in [4.78, 5) is 4.78. The van der Waals surface area contributed by atoms with Crippen LogP contribution in [0, 0.1) is 0 Å². The molecule has 0 spiro atoms. The van der Waals surface area contributed by atoms with Gasteiger partial charge in [-0.05, 0) is 59.3 Å².